The topological polar surface area (TPSA) is 33.2 Å². The smallest absolute Gasteiger partial charge is 0.253 e. The number of carbonyl (C=O) groups is 1. The first-order valence-corrected chi connectivity index (χ1v) is 7.05. The van der Waals surface area contributed by atoms with Gasteiger partial charge in [0.25, 0.3) is 11.8 Å². The minimum Gasteiger partial charge on any atom is -0.338 e. The van der Waals surface area contributed by atoms with Crippen LogP contribution in [0.3, 0.4) is 0 Å². The van der Waals surface area contributed by atoms with E-state index in [0.717, 1.165) is 5.39 Å². The number of benzene rings is 1. The molecule has 1 aromatic heterocycles. The average molecular weight is 311 g/mol. The van der Waals surface area contributed by atoms with E-state index in [9.17, 15) is 13.6 Å². The molecule has 2 aromatic rings. The number of amides is 1. The monoisotopic (exact) mass is 310 g/mol. The van der Waals surface area contributed by atoms with E-state index in [0.29, 0.717) is 16.1 Å². The number of hydrogen-bond acceptors (Lipinski definition) is 2. The summed E-state index contributed by atoms with van der Waals surface area (Å²) in [4.78, 5) is 18.0. The number of pyridine rings is 1. The van der Waals surface area contributed by atoms with Gasteiger partial charge in [-0.3, -0.25) is 9.78 Å². The van der Waals surface area contributed by atoms with Crippen LogP contribution >= 0.6 is 11.6 Å². The Balaban J connectivity index is 1.85. The van der Waals surface area contributed by atoms with Gasteiger partial charge in [0.1, 0.15) is 0 Å². The lowest BCUT2D eigenvalue weighted by Crippen LogP contribution is -2.42. The molecule has 0 unspecified atom stereocenters. The van der Waals surface area contributed by atoms with Gasteiger partial charge in [0, 0.05) is 43.1 Å². The van der Waals surface area contributed by atoms with Gasteiger partial charge in [-0.15, -0.1) is 0 Å². The highest BCUT2D eigenvalue weighted by atomic mass is 35.5. The zero-order chi connectivity index (χ0) is 15.0. The van der Waals surface area contributed by atoms with E-state index in [2.05, 4.69) is 4.98 Å². The van der Waals surface area contributed by atoms with Gasteiger partial charge in [0.2, 0.25) is 0 Å². The third kappa shape index (κ3) is 2.83. The van der Waals surface area contributed by atoms with Gasteiger partial charge in [-0.2, -0.15) is 0 Å². The molecule has 3 rings (SSSR count). The molecule has 1 saturated heterocycles. The number of carbonyl (C=O) groups excluding carboxylic acids is 1. The van der Waals surface area contributed by atoms with E-state index in [1.54, 1.807) is 30.5 Å². The first kappa shape index (κ1) is 14.2. The Kier molecular flexibility index (Phi) is 3.53. The van der Waals surface area contributed by atoms with Crippen LogP contribution in [0.5, 0.6) is 0 Å². The van der Waals surface area contributed by atoms with E-state index < -0.39 is 5.92 Å². The number of rotatable bonds is 1. The van der Waals surface area contributed by atoms with Crippen molar-refractivity contribution in [2.45, 2.75) is 18.8 Å². The van der Waals surface area contributed by atoms with E-state index in [1.165, 1.54) is 4.90 Å². The lowest BCUT2D eigenvalue weighted by molar-refractivity contribution is -0.0494. The third-order valence-electron chi connectivity index (χ3n) is 3.72. The Morgan fingerprint density at radius 1 is 1.24 bits per heavy atom. The summed E-state index contributed by atoms with van der Waals surface area (Å²) in [5, 5.41) is 1.33. The molecule has 0 aliphatic carbocycles. The SMILES string of the molecule is O=C(c1ccc2c(Cl)ccnc2c1)N1CCC(F)(F)CC1. The summed E-state index contributed by atoms with van der Waals surface area (Å²) in [7, 11) is 0. The van der Waals surface area contributed by atoms with Gasteiger partial charge in [0.05, 0.1) is 10.5 Å². The molecule has 1 aromatic carbocycles. The van der Waals surface area contributed by atoms with Crippen LogP contribution in [0.15, 0.2) is 30.5 Å². The van der Waals surface area contributed by atoms with Gasteiger partial charge in [0.15, 0.2) is 0 Å². The molecular formula is C15H13ClF2N2O. The molecule has 0 saturated carbocycles. The maximum Gasteiger partial charge on any atom is 0.253 e. The minimum absolute atomic E-state index is 0.0762. The van der Waals surface area contributed by atoms with Crippen molar-refractivity contribution in [2.24, 2.45) is 0 Å². The predicted molar refractivity (Wildman–Crippen MR) is 76.8 cm³/mol. The van der Waals surface area contributed by atoms with Gasteiger partial charge >= 0.3 is 0 Å². The summed E-state index contributed by atoms with van der Waals surface area (Å²) >= 11 is 6.05. The van der Waals surface area contributed by atoms with Crippen LogP contribution < -0.4 is 0 Å². The number of likely N-dealkylation sites (tertiary alicyclic amines) is 1. The van der Waals surface area contributed by atoms with Crippen molar-refractivity contribution in [3.05, 3.63) is 41.0 Å². The number of aromatic nitrogens is 1. The van der Waals surface area contributed by atoms with Crippen molar-refractivity contribution in [3.8, 4) is 0 Å². The quantitative estimate of drug-likeness (QED) is 0.803. The number of alkyl halides is 2. The Morgan fingerprint density at radius 2 is 1.95 bits per heavy atom. The summed E-state index contributed by atoms with van der Waals surface area (Å²) in [6, 6.07) is 6.72. The second-order valence-corrected chi connectivity index (χ2v) is 5.58. The van der Waals surface area contributed by atoms with Crippen molar-refractivity contribution in [3.63, 3.8) is 0 Å². The Labute approximate surface area is 125 Å². The zero-order valence-corrected chi connectivity index (χ0v) is 11.9. The maximum absolute atomic E-state index is 13.1. The molecule has 6 heteroatoms. The van der Waals surface area contributed by atoms with Crippen LogP contribution in [-0.2, 0) is 0 Å². The molecule has 1 aliphatic rings. The molecule has 0 radical (unpaired) electrons. The summed E-state index contributed by atoms with van der Waals surface area (Å²) in [5.41, 5.74) is 1.07. The van der Waals surface area contributed by atoms with E-state index in [1.807, 2.05) is 0 Å². The summed E-state index contributed by atoms with van der Waals surface area (Å²) < 4.78 is 26.3. The third-order valence-corrected chi connectivity index (χ3v) is 4.05. The molecule has 1 fully saturated rings. The van der Waals surface area contributed by atoms with Crippen molar-refractivity contribution in [2.75, 3.05) is 13.1 Å². The Hall–Kier alpha value is -1.75. The number of piperidine rings is 1. The normalized spacial score (nSPS) is 18.0. The molecule has 2 heterocycles. The predicted octanol–water partition coefficient (Wildman–Crippen LogP) is 3.76. The molecular weight excluding hydrogens is 298 g/mol. The van der Waals surface area contributed by atoms with E-state index in [-0.39, 0.29) is 31.8 Å². The second-order valence-electron chi connectivity index (χ2n) is 5.17. The number of fused-ring (bicyclic) bond motifs is 1. The lowest BCUT2D eigenvalue weighted by Gasteiger charge is -2.31. The number of halogens is 3. The number of hydrogen-bond donors (Lipinski definition) is 0. The molecule has 0 N–H and O–H groups in total. The molecule has 21 heavy (non-hydrogen) atoms. The zero-order valence-electron chi connectivity index (χ0n) is 11.2. The minimum atomic E-state index is -2.66. The van der Waals surface area contributed by atoms with Gasteiger partial charge in [-0.1, -0.05) is 17.7 Å². The van der Waals surface area contributed by atoms with Crippen LogP contribution in [-0.4, -0.2) is 34.8 Å². The Morgan fingerprint density at radius 3 is 2.67 bits per heavy atom. The lowest BCUT2D eigenvalue weighted by atomic mass is 10.0. The fraction of sp³-hybridized carbons (Fsp3) is 0.333. The summed E-state index contributed by atoms with van der Waals surface area (Å²) in [5.74, 6) is -2.90. The molecule has 0 atom stereocenters. The van der Waals surface area contributed by atoms with Crippen LogP contribution in [0, 0.1) is 0 Å². The van der Waals surface area contributed by atoms with Crippen LogP contribution in [0.1, 0.15) is 23.2 Å². The van der Waals surface area contributed by atoms with E-state index >= 15 is 0 Å². The maximum atomic E-state index is 13.1. The highest BCUT2D eigenvalue weighted by Crippen LogP contribution is 2.29. The second kappa shape index (κ2) is 5.22. The number of nitrogens with zero attached hydrogens (tertiary/aromatic N) is 2. The van der Waals surface area contributed by atoms with Crippen LogP contribution in [0.2, 0.25) is 5.02 Å². The Bertz CT molecular complexity index is 695. The van der Waals surface area contributed by atoms with Gasteiger partial charge in [-0.05, 0) is 18.2 Å². The molecule has 0 bridgehead atoms. The fourth-order valence-electron chi connectivity index (χ4n) is 2.47. The largest absolute Gasteiger partial charge is 0.338 e. The average Bonchev–Trinajstić information content (AvgIpc) is 2.46. The first-order chi connectivity index (χ1) is 9.96. The van der Waals surface area contributed by atoms with Crippen LogP contribution in [0.25, 0.3) is 10.9 Å². The molecule has 0 spiro atoms. The molecule has 3 nitrogen and oxygen atoms in total. The summed E-state index contributed by atoms with van der Waals surface area (Å²) in [6.07, 6.45) is 1.01. The fourth-order valence-corrected chi connectivity index (χ4v) is 2.68. The molecule has 1 amide bonds. The summed E-state index contributed by atoms with van der Waals surface area (Å²) in [6.45, 7) is 0.152. The highest BCUT2D eigenvalue weighted by molar-refractivity contribution is 6.35. The van der Waals surface area contributed by atoms with Crippen LogP contribution in [0.4, 0.5) is 8.78 Å². The molecule has 1 aliphatic heterocycles. The molecule has 110 valence electrons. The van der Waals surface area contributed by atoms with Crippen molar-refractivity contribution in [1.29, 1.82) is 0 Å². The van der Waals surface area contributed by atoms with Gasteiger partial charge in [-0.25, -0.2) is 8.78 Å². The first-order valence-electron chi connectivity index (χ1n) is 6.68. The van der Waals surface area contributed by atoms with Gasteiger partial charge < -0.3 is 4.90 Å². The highest BCUT2D eigenvalue weighted by Gasteiger charge is 2.35. The van der Waals surface area contributed by atoms with Crippen molar-refractivity contribution >= 4 is 28.4 Å². The van der Waals surface area contributed by atoms with Crippen molar-refractivity contribution in [1.82, 2.24) is 9.88 Å². The standard InChI is InChI=1S/C15H13ClF2N2O/c16-12-3-6-19-13-9-10(1-2-11(12)13)14(21)20-7-4-15(17,18)5-8-20/h1-3,6,9H,4-5,7-8H2. The van der Waals surface area contributed by atoms with E-state index in [4.69, 9.17) is 11.6 Å². The van der Waals surface area contributed by atoms with Crippen molar-refractivity contribution < 1.29 is 13.6 Å².